The van der Waals surface area contributed by atoms with Gasteiger partial charge in [-0.15, -0.1) is 0 Å². The van der Waals surface area contributed by atoms with Gasteiger partial charge in [-0.2, -0.15) is 0 Å². The second kappa shape index (κ2) is 6.13. The van der Waals surface area contributed by atoms with Crippen molar-refractivity contribution in [3.63, 3.8) is 0 Å². The van der Waals surface area contributed by atoms with Gasteiger partial charge in [0.15, 0.2) is 0 Å². The molecule has 5 nitrogen and oxygen atoms in total. The lowest BCUT2D eigenvalue weighted by atomic mass is 10.3. The van der Waals surface area contributed by atoms with E-state index in [1.165, 1.54) is 19.2 Å². The van der Waals surface area contributed by atoms with Gasteiger partial charge >= 0.3 is 0 Å². The van der Waals surface area contributed by atoms with Gasteiger partial charge in [0.1, 0.15) is 5.75 Å². The molecule has 0 radical (unpaired) electrons. The largest absolute Gasteiger partial charge is 0.440 e. The molecule has 0 saturated carbocycles. The molecule has 0 aliphatic rings. The van der Waals surface area contributed by atoms with Crippen molar-refractivity contribution in [2.75, 3.05) is 7.11 Å². The van der Waals surface area contributed by atoms with Crippen LogP contribution in [0, 0.1) is 10.1 Å². The molecule has 0 amide bonds. The Morgan fingerprint density at radius 1 is 1.15 bits per heavy atom. The van der Waals surface area contributed by atoms with Crippen molar-refractivity contribution in [3.8, 4) is 5.75 Å². The fraction of sp³-hybridized carbons (Fsp3) is 0.0769. The number of benzene rings is 2. The molecule has 0 spiro atoms. The Labute approximate surface area is 121 Å². The van der Waals surface area contributed by atoms with Crippen LogP contribution in [0.5, 0.6) is 5.75 Å². The molecular weight excluding hydrogens is 297 g/mol. The normalized spacial score (nSPS) is 13.4. The molecule has 104 valence electrons. The molecule has 7 heteroatoms. The van der Waals surface area contributed by atoms with E-state index in [1.54, 1.807) is 12.1 Å². The number of hydrogen-bond acceptors (Lipinski definition) is 5. The average molecular weight is 309 g/mol. The van der Waals surface area contributed by atoms with E-state index in [2.05, 4.69) is 0 Å². The first-order valence-corrected chi connectivity index (χ1v) is 8.34. The van der Waals surface area contributed by atoms with Gasteiger partial charge in [-0.3, -0.25) is 10.1 Å². The quantitative estimate of drug-likeness (QED) is 0.482. The van der Waals surface area contributed by atoms with Crippen molar-refractivity contribution in [3.05, 3.63) is 64.7 Å². The number of hydrogen-bond donors (Lipinski definition) is 0. The molecule has 20 heavy (non-hydrogen) atoms. The third kappa shape index (κ3) is 3.22. The third-order valence-electron chi connectivity index (χ3n) is 2.57. The summed E-state index contributed by atoms with van der Waals surface area (Å²) in [5.41, 5.74) is -0.0479. The maximum Gasteiger partial charge on any atom is 0.273 e. The summed E-state index contributed by atoms with van der Waals surface area (Å²) in [7, 11) is 1.48. The summed E-state index contributed by atoms with van der Waals surface area (Å²) in [6.07, 6.45) is 0. The maximum atomic E-state index is 10.8. The molecule has 1 atom stereocenters. The number of nitro groups is 1. The number of rotatable bonds is 5. The molecule has 0 N–H and O–H groups in total. The monoisotopic (exact) mass is 309 g/mol. The van der Waals surface area contributed by atoms with Crippen LogP contribution in [0.2, 0.25) is 0 Å². The highest BCUT2D eigenvalue weighted by atomic mass is 32.5. The SMILES string of the molecule is COP(=S)(Oc1cccc([N+](=O)[O-])c1)c1ccccc1. The highest BCUT2D eigenvalue weighted by Crippen LogP contribution is 2.47. The van der Waals surface area contributed by atoms with Crippen molar-refractivity contribution < 1.29 is 14.0 Å². The summed E-state index contributed by atoms with van der Waals surface area (Å²) >= 11 is 5.46. The van der Waals surface area contributed by atoms with E-state index in [0.29, 0.717) is 5.75 Å². The first-order valence-electron chi connectivity index (χ1n) is 5.70. The summed E-state index contributed by atoms with van der Waals surface area (Å²) in [4.78, 5) is 10.3. The summed E-state index contributed by atoms with van der Waals surface area (Å²) in [5, 5.41) is 11.5. The maximum absolute atomic E-state index is 10.8. The minimum atomic E-state index is -2.71. The van der Waals surface area contributed by atoms with E-state index >= 15 is 0 Å². The highest BCUT2D eigenvalue weighted by molar-refractivity contribution is 8.13. The molecule has 0 aliphatic carbocycles. The first kappa shape index (κ1) is 14.7. The van der Waals surface area contributed by atoms with Crippen molar-refractivity contribution >= 4 is 29.3 Å². The zero-order valence-electron chi connectivity index (χ0n) is 10.6. The Kier molecular flexibility index (Phi) is 4.49. The van der Waals surface area contributed by atoms with Gasteiger partial charge in [-0.05, 0) is 30.0 Å². The third-order valence-corrected chi connectivity index (χ3v) is 5.73. The minimum absolute atomic E-state index is 0.0479. The Morgan fingerprint density at radius 2 is 1.85 bits per heavy atom. The van der Waals surface area contributed by atoms with Crippen LogP contribution in [0.15, 0.2) is 54.6 Å². The molecule has 0 aliphatic heterocycles. The van der Waals surface area contributed by atoms with Crippen LogP contribution in [0.1, 0.15) is 0 Å². The Hall–Kier alpha value is -1.75. The zero-order valence-corrected chi connectivity index (χ0v) is 12.3. The minimum Gasteiger partial charge on any atom is -0.440 e. The molecule has 0 saturated heterocycles. The molecule has 2 rings (SSSR count). The van der Waals surface area contributed by atoms with Crippen LogP contribution in [-0.2, 0) is 16.3 Å². The van der Waals surface area contributed by atoms with E-state index in [1.807, 2.05) is 30.3 Å². The summed E-state index contributed by atoms with van der Waals surface area (Å²) in [6.45, 7) is -2.71. The first-order chi connectivity index (χ1) is 9.55. The van der Waals surface area contributed by atoms with Crippen LogP contribution < -0.4 is 9.83 Å². The number of non-ortho nitro benzene ring substituents is 1. The molecular formula is C13H12NO4PS. The van der Waals surface area contributed by atoms with E-state index < -0.39 is 11.4 Å². The van der Waals surface area contributed by atoms with Crippen LogP contribution >= 0.6 is 6.49 Å². The zero-order chi connectivity index (χ0) is 14.6. The number of nitro benzene ring substituents is 1. The van der Waals surface area contributed by atoms with Crippen molar-refractivity contribution in [2.24, 2.45) is 0 Å². The van der Waals surface area contributed by atoms with Gasteiger partial charge in [0.05, 0.1) is 11.0 Å². The fourth-order valence-corrected chi connectivity index (χ4v) is 3.54. The second-order valence-corrected chi connectivity index (χ2v) is 7.36. The molecule has 2 aromatic rings. The Bertz CT molecular complexity index is 662. The van der Waals surface area contributed by atoms with Crippen LogP contribution in [0.3, 0.4) is 0 Å². The van der Waals surface area contributed by atoms with Gasteiger partial charge in [-0.25, -0.2) is 0 Å². The Balaban J connectivity index is 2.33. The smallest absolute Gasteiger partial charge is 0.273 e. The van der Waals surface area contributed by atoms with Gasteiger partial charge in [0.2, 0.25) is 0 Å². The Morgan fingerprint density at radius 3 is 2.45 bits per heavy atom. The lowest BCUT2D eigenvalue weighted by Gasteiger charge is -2.21. The van der Waals surface area contributed by atoms with Gasteiger partial charge < -0.3 is 9.05 Å². The topological polar surface area (TPSA) is 61.6 Å². The molecule has 0 aromatic heterocycles. The van der Waals surface area contributed by atoms with Crippen molar-refractivity contribution in [1.82, 2.24) is 0 Å². The lowest BCUT2D eigenvalue weighted by molar-refractivity contribution is -0.384. The van der Waals surface area contributed by atoms with Gasteiger partial charge in [0.25, 0.3) is 12.2 Å². The van der Waals surface area contributed by atoms with E-state index in [9.17, 15) is 10.1 Å². The van der Waals surface area contributed by atoms with Gasteiger partial charge in [0, 0.05) is 18.5 Å². The van der Waals surface area contributed by atoms with Crippen LogP contribution in [0.25, 0.3) is 0 Å². The highest BCUT2D eigenvalue weighted by Gasteiger charge is 2.22. The van der Waals surface area contributed by atoms with E-state index in [0.717, 1.165) is 5.30 Å². The van der Waals surface area contributed by atoms with E-state index in [4.69, 9.17) is 20.9 Å². The average Bonchev–Trinajstić information content (AvgIpc) is 2.48. The summed E-state index contributed by atoms with van der Waals surface area (Å²) in [5.74, 6) is 0.327. The fourth-order valence-electron chi connectivity index (χ4n) is 1.60. The predicted octanol–water partition coefficient (Wildman–Crippen LogP) is 3.26. The van der Waals surface area contributed by atoms with Gasteiger partial charge in [-0.1, -0.05) is 24.3 Å². The van der Waals surface area contributed by atoms with Crippen LogP contribution in [0.4, 0.5) is 5.69 Å². The standard InChI is InChI=1S/C13H12NO4PS/c1-17-19(20,13-8-3-2-4-9-13)18-12-7-5-6-11(10-12)14(15)16/h2-10H,1H3. The molecule has 1 unspecified atom stereocenters. The van der Waals surface area contributed by atoms with Crippen molar-refractivity contribution in [1.29, 1.82) is 0 Å². The van der Waals surface area contributed by atoms with E-state index in [-0.39, 0.29) is 5.69 Å². The predicted molar refractivity (Wildman–Crippen MR) is 81.1 cm³/mol. The lowest BCUT2D eigenvalue weighted by Crippen LogP contribution is -2.10. The summed E-state index contributed by atoms with van der Waals surface area (Å²) in [6, 6.07) is 15.1. The van der Waals surface area contributed by atoms with Crippen molar-refractivity contribution in [2.45, 2.75) is 0 Å². The molecule has 0 fully saturated rings. The molecule has 0 heterocycles. The molecule has 0 bridgehead atoms. The van der Waals surface area contributed by atoms with Crippen LogP contribution in [-0.4, -0.2) is 12.0 Å². The molecule has 2 aromatic carbocycles. The summed E-state index contributed by atoms with van der Waals surface area (Å²) < 4.78 is 11.1. The second-order valence-electron chi connectivity index (χ2n) is 3.86. The number of nitrogens with zero attached hydrogens (tertiary/aromatic N) is 1.